The second-order valence-corrected chi connectivity index (χ2v) is 5.18. The van der Waals surface area contributed by atoms with Gasteiger partial charge in [0.15, 0.2) is 0 Å². The molecule has 0 radical (unpaired) electrons. The second kappa shape index (κ2) is 7.96. The standard InChI is InChI=1S/C15H30/c1-7-10-15(11-8-2)14(6)13(5)12(4)9-3/h7,12-15H,1,8-11H2,2-6H3. The monoisotopic (exact) mass is 210 g/mol. The van der Waals surface area contributed by atoms with Gasteiger partial charge in [-0.25, -0.2) is 0 Å². The molecule has 4 unspecified atom stereocenters. The van der Waals surface area contributed by atoms with Gasteiger partial charge in [0.25, 0.3) is 0 Å². The van der Waals surface area contributed by atoms with Crippen molar-refractivity contribution in [1.82, 2.24) is 0 Å². The van der Waals surface area contributed by atoms with Crippen molar-refractivity contribution in [3.8, 4) is 0 Å². The Balaban J connectivity index is 4.32. The summed E-state index contributed by atoms with van der Waals surface area (Å²) in [6, 6.07) is 0. The summed E-state index contributed by atoms with van der Waals surface area (Å²) in [7, 11) is 0. The van der Waals surface area contributed by atoms with Crippen molar-refractivity contribution in [2.45, 2.75) is 60.3 Å². The van der Waals surface area contributed by atoms with Gasteiger partial charge in [-0.3, -0.25) is 0 Å². The van der Waals surface area contributed by atoms with Gasteiger partial charge in [0.05, 0.1) is 0 Å². The molecule has 0 aromatic rings. The molecule has 0 heteroatoms. The Bertz CT molecular complexity index is 159. The van der Waals surface area contributed by atoms with Crippen LogP contribution in [0.25, 0.3) is 0 Å². The van der Waals surface area contributed by atoms with Gasteiger partial charge in [0.2, 0.25) is 0 Å². The van der Waals surface area contributed by atoms with Crippen LogP contribution in [0.2, 0.25) is 0 Å². The molecule has 0 nitrogen and oxygen atoms in total. The Hall–Kier alpha value is -0.260. The first-order chi connectivity index (χ1) is 7.08. The average molecular weight is 210 g/mol. The van der Waals surface area contributed by atoms with E-state index in [1.165, 1.54) is 25.7 Å². The Morgan fingerprint density at radius 2 is 1.67 bits per heavy atom. The summed E-state index contributed by atoms with van der Waals surface area (Å²) >= 11 is 0. The molecule has 0 heterocycles. The molecular formula is C15H30. The Morgan fingerprint density at radius 3 is 2.07 bits per heavy atom. The summed E-state index contributed by atoms with van der Waals surface area (Å²) in [5.74, 6) is 3.37. The van der Waals surface area contributed by atoms with Crippen LogP contribution in [0.5, 0.6) is 0 Å². The quantitative estimate of drug-likeness (QED) is 0.477. The van der Waals surface area contributed by atoms with Crippen LogP contribution in [-0.4, -0.2) is 0 Å². The van der Waals surface area contributed by atoms with Crippen LogP contribution >= 0.6 is 0 Å². The van der Waals surface area contributed by atoms with Crippen LogP contribution in [0.4, 0.5) is 0 Å². The molecule has 0 aliphatic carbocycles. The molecule has 0 saturated heterocycles. The third-order valence-corrected chi connectivity index (χ3v) is 4.24. The van der Waals surface area contributed by atoms with E-state index in [0.29, 0.717) is 0 Å². The van der Waals surface area contributed by atoms with Crippen LogP contribution in [0, 0.1) is 23.7 Å². The zero-order valence-corrected chi connectivity index (χ0v) is 11.4. The molecule has 0 fully saturated rings. The van der Waals surface area contributed by atoms with Crippen LogP contribution in [0.3, 0.4) is 0 Å². The lowest BCUT2D eigenvalue weighted by Crippen LogP contribution is -2.23. The van der Waals surface area contributed by atoms with Gasteiger partial charge in [-0.05, 0) is 30.1 Å². The summed E-state index contributed by atoms with van der Waals surface area (Å²) in [6.07, 6.45) is 7.25. The Kier molecular flexibility index (Phi) is 7.82. The van der Waals surface area contributed by atoms with Gasteiger partial charge in [-0.2, -0.15) is 0 Å². The van der Waals surface area contributed by atoms with E-state index in [9.17, 15) is 0 Å². The van der Waals surface area contributed by atoms with Gasteiger partial charge in [0.1, 0.15) is 0 Å². The fourth-order valence-corrected chi connectivity index (χ4v) is 2.50. The van der Waals surface area contributed by atoms with Crippen molar-refractivity contribution in [2.24, 2.45) is 23.7 Å². The maximum absolute atomic E-state index is 3.89. The second-order valence-electron chi connectivity index (χ2n) is 5.18. The van der Waals surface area contributed by atoms with Crippen molar-refractivity contribution >= 4 is 0 Å². The first-order valence-electron chi connectivity index (χ1n) is 6.69. The SMILES string of the molecule is C=CCC(CCC)C(C)C(C)C(C)CC. The fourth-order valence-electron chi connectivity index (χ4n) is 2.50. The zero-order valence-electron chi connectivity index (χ0n) is 11.4. The Morgan fingerprint density at radius 1 is 1.07 bits per heavy atom. The maximum Gasteiger partial charge on any atom is -0.0322 e. The highest BCUT2D eigenvalue weighted by molar-refractivity contribution is 4.80. The molecule has 0 saturated carbocycles. The van der Waals surface area contributed by atoms with Crippen molar-refractivity contribution in [2.75, 3.05) is 0 Å². The molecule has 0 N–H and O–H groups in total. The lowest BCUT2D eigenvalue weighted by Gasteiger charge is -2.31. The van der Waals surface area contributed by atoms with E-state index in [1.807, 2.05) is 0 Å². The summed E-state index contributed by atoms with van der Waals surface area (Å²) in [6.45, 7) is 15.7. The third-order valence-electron chi connectivity index (χ3n) is 4.24. The maximum atomic E-state index is 3.89. The summed E-state index contributed by atoms with van der Waals surface area (Å²) < 4.78 is 0. The lowest BCUT2D eigenvalue weighted by atomic mass is 9.74. The lowest BCUT2D eigenvalue weighted by molar-refractivity contribution is 0.189. The number of rotatable bonds is 8. The van der Waals surface area contributed by atoms with E-state index in [2.05, 4.69) is 47.3 Å². The van der Waals surface area contributed by atoms with E-state index in [0.717, 1.165) is 23.7 Å². The minimum atomic E-state index is 0.831. The molecule has 0 aromatic carbocycles. The van der Waals surface area contributed by atoms with Crippen molar-refractivity contribution < 1.29 is 0 Å². The summed E-state index contributed by atoms with van der Waals surface area (Å²) in [4.78, 5) is 0. The Labute approximate surface area is 97.2 Å². The minimum Gasteiger partial charge on any atom is -0.103 e. The topological polar surface area (TPSA) is 0 Å². The van der Waals surface area contributed by atoms with Crippen molar-refractivity contribution in [3.05, 3.63) is 12.7 Å². The van der Waals surface area contributed by atoms with Crippen LogP contribution in [-0.2, 0) is 0 Å². The normalized spacial score (nSPS) is 19.3. The summed E-state index contributed by atoms with van der Waals surface area (Å²) in [5.41, 5.74) is 0. The molecule has 0 amide bonds. The summed E-state index contributed by atoms with van der Waals surface area (Å²) in [5, 5.41) is 0. The first-order valence-corrected chi connectivity index (χ1v) is 6.69. The highest BCUT2D eigenvalue weighted by Gasteiger charge is 2.24. The van der Waals surface area contributed by atoms with E-state index >= 15 is 0 Å². The predicted molar refractivity (Wildman–Crippen MR) is 71.0 cm³/mol. The molecule has 0 spiro atoms. The molecule has 0 rings (SSSR count). The van der Waals surface area contributed by atoms with Gasteiger partial charge in [0, 0.05) is 0 Å². The molecule has 0 aromatic heterocycles. The highest BCUT2D eigenvalue weighted by Crippen LogP contribution is 2.33. The van der Waals surface area contributed by atoms with Gasteiger partial charge >= 0.3 is 0 Å². The van der Waals surface area contributed by atoms with E-state index in [4.69, 9.17) is 0 Å². The zero-order chi connectivity index (χ0) is 11.8. The molecule has 15 heavy (non-hydrogen) atoms. The highest BCUT2D eigenvalue weighted by atomic mass is 14.3. The third kappa shape index (κ3) is 4.86. The number of hydrogen-bond donors (Lipinski definition) is 0. The molecule has 4 atom stereocenters. The first kappa shape index (κ1) is 14.7. The van der Waals surface area contributed by atoms with Crippen LogP contribution in [0.15, 0.2) is 12.7 Å². The van der Waals surface area contributed by atoms with Crippen molar-refractivity contribution in [1.29, 1.82) is 0 Å². The molecule has 0 aliphatic heterocycles. The van der Waals surface area contributed by atoms with Crippen LogP contribution in [0.1, 0.15) is 60.3 Å². The largest absolute Gasteiger partial charge is 0.103 e. The average Bonchev–Trinajstić information content (AvgIpc) is 2.25. The number of hydrogen-bond acceptors (Lipinski definition) is 0. The van der Waals surface area contributed by atoms with E-state index in [1.54, 1.807) is 0 Å². The van der Waals surface area contributed by atoms with Gasteiger partial charge < -0.3 is 0 Å². The predicted octanol–water partition coefficient (Wildman–Crippen LogP) is 5.30. The van der Waals surface area contributed by atoms with Gasteiger partial charge in [-0.1, -0.05) is 60.0 Å². The van der Waals surface area contributed by atoms with Gasteiger partial charge in [-0.15, -0.1) is 6.58 Å². The van der Waals surface area contributed by atoms with E-state index < -0.39 is 0 Å². The molecular weight excluding hydrogens is 180 g/mol. The van der Waals surface area contributed by atoms with E-state index in [-0.39, 0.29) is 0 Å². The molecule has 0 aliphatic rings. The number of allylic oxidation sites excluding steroid dienone is 1. The van der Waals surface area contributed by atoms with Crippen LogP contribution < -0.4 is 0 Å². The smallest absolute Gasteiger partial charge is 0.0322 e. The minimum absolute atomic E-state index is 0.831. The molecule has 90 valence electrons. The molecule has 0 bridgehead atoms. The fraction of sp³-hybridized carbons (Fsp3) is 0.867. The van der Waals surface area contributed by atoms with Crippen molar-refractivity contribution in [3.63, 3.8) is 0 Å².